The minimum Gasteiger partial charge on any atom is -0.454 e. The fourth-order valence-electron chi connectivity index (χ4n) is 2.03. The average Bonchev–Trinajstić information content (AvgIpc) is 2.99. The van der Waals surface area contributed by atoms with E-state index < -0.39 is 0 Å². The summed E-state index contributed by atoms with van der Waals surface area (Å²) in [4.78, 5) is 1.39. The topological polar surface area (TPSA) is 30.5 Å². The molecule has 0 bridgehead atoms. The third-order valence-corrected chi connectivity index (χ3v) is 4.68. The van der Waals surface area contributed by atoms with Crippen molar-refractivity contribution >= 4 is 27.3 Å². The quantitative estimate of drug-likeness (QED) is 0.917. The molecule has 0 atom stereocenters. The number of thiophene rings is 1. The third-order valence-electron chi connectivity index (χ3n) is 3.07. The lowest BCUT2D eigenvalue weighted by molar-refractivity contribution is 0.173. The highest BCUT2D eigenvalue weighted by Gasteiger charge is 2.17. The molecule has 0 saturated carbocycles. The van der Waals surface area contributed by atoms with Crippen LogP contribution >= 0.6 is 27.3 Å². The van der Waals surface area contributed by atoms with E-state index in [1.807, 2.05) is 6.07 Å². The van der Waals surface area contributed by atoms with Gasteiger partial charge in [0.15, 0.2) is 11.5 Å². The number of fused-ring (bicyclic) bond motifs is 1. The normalized spacial score (nSPS) is 12.9. The summed E-state index contributed by atoms with van der Waals surface area (Å²) in [7, 11) is 0. The van der Waals surface area contributed by atoms with E-state index in [2.05, 4.69) is 45.7 Å². The largest absolute Gasteiger partial charge is 0.454 e. The zero-order valence-corrected chi connectivity index (χ0v) is 12.9. The van der Waals surface area contributed by atoms with E-state index in [1.54, 1.807) is 11.3 Å². The highest BCUT2D eigenvalue weighted by Crippen LogP contribution is 2.39. The molecule has 2 heterocycles. The molecule has 0 radical (unpaired) electrons. The maximum absolute atomic E-state index is 5.41. The van der Waals surface area contributed by atoms with Gasteiger partial charge in [-0.15, -0.1) is 11.3 Å². The Morgan fingerprint density at radius 2 is 2.21 bits per heavy atom. The maximum Gasteiger partial charge on any atom is 0.231 e. The van der Waals surface area contributed by atoms with E-state index >= 15 is 0 Å². The molecule has 0 saturated heterocycles. The van der Waals surface area contributed by atoms with Gasteiger partial charge in [-0.3, -0.25) is 0 Å². The van der Waals surface area contributed by atoms with Crippen LogP contribution in [0.3, 0.4) is 0 Å². The van der Waals surface area contributed by atoms with Crippen LogP contribution in [0.15, 0.2) is 28.1 Å². The van der Waals surface area contributed by atoms with Gasteiger partial charge in [0.05, 0.1) is 4.47 Å². The standard InChI is InChI=1S/C14H14BrNO2S/c1-9-2-3-19-13(9)7-16-6-10-4-11(15)14-12(5-10)17-8-18-14/h2-5,16H,6-8H2,1H3. The van der Waals surface area contributed by atoms with Crippen LogP contribution in [0.2, 0.25) is 0 Å². The van der Waals surface area contributed by atoms with Gasteiger partial charge in [0.2, 0.25) is 6.79 Å². The Labute approximate surface area is 124 Å². The molecule has 19 heavy (non-hydrogen) atoms. The molecule has 0 fully saturated rings. The number of benzene rings is 1. The Bertz CT molecular complexity index is 597. The highest BCUT2D eigenvalue weighted by molar-refractivity contribution is 9.10. The molecule has 5 heteroatoms. The first-order valence-electron chi connectivity index (χ1n) is 6.06. The maximum atomic E-state index is 5.41. The predicted molar refractivity (Wildman–Crippen MR) is 79.9 cm³/mol. The van der Waals surface area contributed by atoms with Crippen LogP contribution in [0.4, 0.5) is 0 Å². The van der Waals surface area contributed by atoms with E-state index in [4.69, 9.17) is 9.47 Å². The second-order valence-corrected chi connectivity index (χ2v) is 6.30. The van der Waals surface area contributed by atoms with Crippen LogP contribution < -0.4 is 14.8 Å². The lowest BCUT2D eigenvalue weighted by atomic mass is 10.2. The molecule has 100 valence electrons. The summed E-state index contributed by atoms with van der Waals surface area (Å²) in [6, 6.07) is 6.25. The summed E-state index contributed by atoms with van der Waals surface area (Å²) in [5, 5.41) is 5.59. The fraction of sp³-hybridized carbons (Fsp3) is 0.286. The van der Waals surface area contributed by atoms with Crippen molar-refractivity contribution < 1.29 is 9.47 Å². The van der Waals surface area contributed by atoms with Crippen molar-refractivity contribution in [3.63, 3.8) is 0 Å². The SMILES string of the molecule is Cc1ccsc1CNCc1cc(Br)c2c(c1)OCO2. The Balaban J connectivity index is 1.65. The molecular formula is C14H14BrNO2S. The molecule has 0 amide bonds. The van der Waals surface area contributed by atoms with Gasteiger partial charge >= 0.3 is 0 Å². The highest BCUT2D eigenvalue weighted by atomic mass is 79.9. The third kappa shape index (κ3) is 2.78. The molecule has 0 aliphatic carbocycles. The first-order chi connectivity index (χ1) is 9.24. The van der Waals surface area contributed by atoms with Crippen molar-refractivity contribution in [1.82, 2.24) is 5.32 Å². The van der Waals surface area contributed by atoms with E-state index in [0.717, 1.165) is 29.1 Å². The van der Waals surface area contributed by atoms with Crippen molar-refractivity contribution in [2.45, 2.75) is 20.0 Å². The first kappa shape index (κ1) is 13.0. The summed E-state index contributed by atoms with van der Waals surface area (Å²) >= 11 is 5.30. The number of hydrogen-bond donors (Lipinski definition) is 1. The molecule has 0 spiro atoms. The van der Waals surface area contributed by atoms with Gasteiger partial charge in [-0.25, -0.2) is 0 Å². The number of aryl methyl sites for hydroxylation is 1. The zero-order chi connectivity index (χ0) is 13.2. The number of ether oxygens (including phenoxy) is 2. The van der Waals surface area contributed by atoms with E-state index in [1.165, 1.54) is 16.0 Å². The van der Waals surface area contributed by atoms with Gasteiger partial charge < -0.3 is 14.8 Å². The minimum atomic E-state index is 0.305. The lowest BCUT2D eigenvalue weighted by Gasteiger charge is -2.07. The van der Waals surface area contributed by atoms with Crippen molar-refractivity contribution in [2.75, 3.05) is 6.79 Å². The van der Waals surface area contributed by atoms with Gasteiger partial charge in [-0.05, 0) is 57.6 Å². The number of halogens is 1. The van der Waals surface area contributed by atoms with E-state index in [9.17, 15) is 0 Å². The lowest BCUT2D eigenvalue weighted by Crippen LogP contribution is -2.12. The van der Waals surface area contributed by atoms with Crippen molar-refractivity contribution in [1.29, 1.82) is 0 Å². The van der Waals surface area contributed by atoms with Crippen LogP contribution in [-0.4, -0.2) is 6.79 Å². The minimum absolute atomic E-state index is 0.305. The van der Waals surface area contributed by atoms with Gasteiger partial charge in [0.1, 0.15) is 0 Å². The fourth-order valence-corrected chi connectivity index (χ4v) is 3.51. The van der Waals surface area contributed by atoms with Crippen LogP contribution in [-0.2, 0) is 13.1 Å². The summed E-state index contributed by atoms with van der Waals surface area (Å²) in [6.45, 7) is 4.16. The van der Waals surface area contributed by atoms with Crippen molar-refractivity contribution in [3.8, 4) is 11.5 Å². The van der Waals surface area contributed by atoms with Crippen LogP contribution in [0, 0.1) is 6.92 Å². The Morgan fingerprint density at radius 1 is 1.32 bits per heavy atom. The smallest absolute Gasteiger partial charge is 0.231 e. The summed E-state index contributed by atoms with van der Waals surface area (Å²) < 4.78 is 11.7. The zero-order valence-electron chi connectivity index (χ0n) is 10.5. The van der Waals surface area contributed by atoms with Crippen molar-refractivity contribution in [3.05, 3.63) is 44.1 Å². The molecule has 1 N–H and O–H groups in total. The second kappa shape index (κ2) is 5.53. The summed E-state index contributed by atoms with van der Waals surface area (Å²) in [6.07, 6.45) is 0. The summed E-state index contributed by atoms with van der Waals surface area (Å²) in [5.74, 6) is 1.62. The average molecular weight is 340 g/mol. The summed E-state index contributed by atoms with van der Waals surface area (Å²) in [5.41, 5.74) is 2.54. The van der Waals surface area contributed by atoms with Gasteiger partial charge in [-0.2, -0.15) is 0 Å². The van der Waals surface area contributed by atoms with Crippen molar-refractivity contribution in [2.24, 2.45) is 0 Å². The molecule has 2 aromatic rings. The molecule has 3 rings (SSSR count). The number of rotatable bonds is 4. The molecule has 3 nitrogen and oxygen atoms in total. The first-order valence-corrected chi connectivity index (χ1v) is 7.73. The molecular weight excluding hydrogens is 326 g/mol. The van der Waals surface area contributed by atoms with Crippen LogP contribution in [0.25, 0.3) is 0 Å². The van der Waals surface area contributed by atoms with Crippen LogP contribution in [0.5, 0.6) is 11.5 Å². The second-order valence-electron chi connectivity index (χ2n) is 4.44. The van der Waals surface area contributed by atoms with Crippen LogP contribution in [0.1, 0.15) is 16.0 Å². The monoisotopic (exact) mass is 339 g/mol. The van der Waals surface area contributed by atoms with Gasteiger partial charge in [-0.1, -0.05) is 0 Å². The Kier molecular flexibility index (Phi) is 3.77. The predicted octanol–water partition coefficient (Wildman–Crippen LogP) is 3.84. The van der Waals surface area contributed by atoms with E-state index in [-0.39, 0.29) is 0 Å². The number of nitrogens with one attached hydrogen (secondary N) is 1. The Hall–Kier alpha value is -1.04. The number of hydrogen-bond acceptors (Lipinski definition) is 4. The molecule has 1 aromatic heterocycles. The van der Waals surface area contributed by atoms with Gasteiger partial charge in [0.25, 0.3) is 0 Å². The molecule has 1 aromatic carbocycles. The Morgan fingerprint density at radius 3 is 3.00 bits per heavy atom. The molecule has 1 aliphatic heterocycles. The molecule has 1 aliphatic rings. The molecule has 0 unspecified atom stereocenters. The van der Waals surface area contributed by atoms with E-state index in [0.29, 0.717) is 6.79 Å². The van der Waals surface area contributed by atoms with Gasteiger partial charge in [0, 0.05) is 18.0 Å².